The second-order valence-corrected chi connectivity index (χ2v) is 4.29. The minimum absolute atomic E-state index is 0.0748. The Morgan fingerprint density at radius 1 is 1.17 bits per heavy atom. The van der Waals surface area contributed by atoms with E-state index in [1.165, 1.54) is 18.2 Å². The van der Waals surface area contributed by atoms with E-state index >= 15 is 0 Å². The van der Waals surface area contributed by atoms with E-state index in [-0.39, 0.29) is 12.1 Å². The molecule has 0 fully saturated rings. The van der Waals surface area contributed by atoms with Gasteiger partial charge in [0, 0.05) is 25.2 Å². The number of rotatable bonds is 8. The van der Waals surface area contributed by atoms with E-state index in [0.29, 0.717) is 19.8 Å². The van der Waals surface area contributed by atoms with Crippen LogP contribution in [0.5, 0.6) is 0 Å². The van der Waals surface area contributed by atoms with Crippen LogP contribution in [0.15, 0.2) is 18.2 Å². The molecule has 0 aliphatic heterocycles. The number of nitrogens with zero attached hydrogens (tertiary/aromatic N) is 1. The number of halogens is 2. The molecule has 0 unspecified atom stereocenters. The Labute approximate surface area is 107 Å². The average molecular weight is 258 g/mol. The molecule has 0 aliphatic carbocycles. The summed E-state index contributed by atoms with van der Waals surface area (Å²) in [6.45, 7) is 2.80. The summed E-state index contributed by atoms with van der Waals surface area (Å²) < 4.78 is 31.9. The Bertz CT molecular complexity index is 339. The van der Waals surface area contributed by atoms with Gasteiger partial charge in [-0.1, -0.05) is 6.07 Å². The number of hydrogen-bond donors (Lipinski definition) is 1. The van der Waals surface area contributed by atoms with Crippen molar-refractivity contribution in [2.75, 3.05) is 40.4 Å². The molecule has 102 valence electrons. The van der Waals surface area contributed by atoms with Gasteiger partial charge in [0.1, 0.15) is 11.6 Å². The first-order valence-electron chi connectivity index (χ1n) is 5.97. The second-order valence-electron chi connectivity index (χ2n) is 4.29. The van der Waals surface area contributed by atoms with Crippen molar-refractivity contribution in [1.29, 1.82) is 0 Å². The normalized spacial score (nSPS) is 11.2. The highest BCUT2D eigenvalue weighted by Gasteiger charge is 2.06. The number of hydrogen-bond acceptors (Lipinski definition) is 3. The van der Waals surface area contributed by atoms with E-state index in [0.717, 1.165) is 6.54 Å². The lowest BCUT2D eigenvalue weighted by Gasteiger charge is -2.10. The maximum atomic E-state index is 13.3. The third-order valence-corrected chi connectivity index (χ3v) is 2.47. The van der Waals surface area contributed by atoms with Crippen LogP contribution < -0.4 is 5.32 Å². The van der Waals surface area contributed by atoms with Crippen LogP contribution in [0.25, 0.3) is 0 Å². The summed E-state index contributed by atoms with van der Waals surface area (Å²) in [5.41, 5.74) is 0.0748. The quantitative estimate of drug-likeness (QED) is 0.717. The van der Waals surface area contributed by atoms with Gasteiger partial charge in [0.05, 0.1) is 13.2 Å². The lowest BCUT2D eigenvalue weighted by atomic mass is 10.2. The number of likely N-dealkylation sites (N-methyl/N-ethyl adjacent to an activating group) is 1. The van der Waals surface area contributed by atoms with Gasteiger partial charge in [0.25, 0.3) is 0 Å². The van der Waals surface area contributed by atoms with Gasteiger partial charge in [0.2, 0.25) is 0 Å². The zero-order valence-corrected chi connectivity index (χ0v) is 10.9. The molecule has 1 rings (SSSR count). The summed E-state index contributed by atoms with van der Waals surface area (Å²) in [5.74, 6) is -1.04. The van der Waals surface area contributed by atoms with E-state index in [1.54, 1.807) is 0 Å². The fraction of sp³-hybridized carbons (Fsp3) is 0.538. The van der Waals surface area contributed by atoms with E-state index in [1.807, 2.05) is 19.0 Å². The number of ether oxygens (including phenoxy) is 1. The predicted molar refractivity (Wildman–Crippen MR) is 67.4 cm³/mol. The minimum Gasteiger partial charge on any atom is -0.379 e. The van der Waals surface area contributed by atoms with Crippen molar-refractivity contribution < 1.29 is 13.5 Å². The van der Waals surface area contributed by atoms with Gasteiger partial charge in [-0.15, -0.1) is 0 Å². The van der Waals surface area contributed by atoms with Gasteiger partial charge in [0.15, 0.2) is 0 Å². The molecule has 1 aromatic carbocycles. The van der Waals surface area contributed by atoms with Crippen molar-refractivity contribution in [1.82, 2.24) is 10.2 Å². The molecule has 5 heteroatoms. The molecule has 3 nitrogen and oxygen atoms in total. The second kappa shape index (κ2) is 8.13. The smallest absolute Gasteiger partial charge is 0.130 e. The number of benzene rings is 1. The van der Waals surface area contributed by atoms with Crippen LogP contribution in [0.1, 0.15) is 5.56 Å². The summed E-state index contributed by atoms with van der Waals surface area (Å²) in [4.78, 5) is 2.03. The highest BCUT2D eigenvalue weighted by Crippen LogP contribution is 2.11. The summed E-state index contributed by atoms with van der Waals surface area (Å²) >= 11 is 0. The Kier molecular flexibility index (Phi) is 6.78. The van der Waals surface area contributed by atoms with Crippen LogP contribution >= 0.6 is 0 Å². The van der Waals surface area contributed by atoms with Crippen LogP contribution in [0.3, 0.4) is 0 Å². The van der Waals surface area contributed by atoms with Crippen LogP contribution in [0, 0.1) is 11.6 Å². The van der Waals surface area contributed by atoms with Crippen LogP contribution in [0.2, 0.25) is 0 Å². The first kappa shape index (κ1) is 15.0. The molecule has 0 saturated carbocycles. The topological polar surface area (TPSA) is 24.5 Å². The Morgan fingerprint density at radius 3 is 2.44 bits per heavy atom. The lowest BCUT2D eigenvalue weighted by Crippen LogP contribution is -2.23. The van der Waals surface area contributed by atoms with Crippen molar-refractivity contribution in [3.8, 4) is 0 Å². The number of nitrogens with one attached hydrogen (secondary N) is 1. The molecule has 0 aromatic heterocycles. The molecular weight excluding hydrogens is 238 g/mol. The fourth-order valence-electron chi connectivity index (χ4n) is 1.41. The summed E-state index contributed by atoms with van der Waals surface area (Å²) in [6, 6.07) is 3.87. The monoisotopic (exact) mass is 258 g/mol. The van der Waals surface area contributed by atoms with Crippen molar-refractivity contribution in [3.63, 3.8) is 0 Å². The summed E-state index contributed by atoms with van der Waals surface area (Å²) in [5, 5.41) is 2.95. The first-order chi connectivity index (χ1) is 8.61. The van der Waals surface area contributed by atoms with Crippen molar-refractivity contribution in [2.45, 2.75) is 6.54 Å². The third-order valence-electron chi connectivity index (χ3n) is 2.47. The maximum Gasteiger partial charge on any atom is 0.130 e. The standard InChI is InChI=1S/C13H20F2N2O/c1-17(2)7-9-18-8-6-16-10-11-12(14)4-3-5-13(11)15/h3-5,16H,6-10H2,1-2H3. The van der Waals surface area contributed by atoms with E-state index in [9.17, 15) is 8.78 Å². The predicted octanol–water partition coefficient (Wildman–Crippen LogP) is 1.63. The zero-order chi connectivity index (χ0) is 13.4. The molecule has 1 N–H and O–H groups in total. The molecule has 18 heavy (non-hydrogen) atoms. The molecule has 0 radical (unpaired) electrons. The van der Waals surface area contributed by atoms with Crippen LogP contribution in [-0.2, 0) is 11.3 Å². The van der Waals surface area contributed by atoms with Crippen LogP contribution in [-0.4, -0.2) is 45.3 Å². The fourth-order valence-corrected chi connectivity index (χ4v) is 1.41. The van der Waals surface area contributed by atoms with Crippen LogP contribution in [0.4, 0.5) is 8.78 Å². The zero-order valence-electron chi connectivity index (χ0n) is 10.9. The molecule has 0 aliphatic rings. The van der Waals surface area contributed by atoms with Crippen molar-refractivity contribution >= 4 is 0 Å². The Hall–Kier alpha value is -1.04. The van der Waals surface area contributed by atoms with Crippen molar-refractivity contribution in [3.05, 3.63) is 35.4 Å². The maximum absolute atomic E-state index is 13.3. The molecule has 1 aromatic rings. The Balaban J connectivity index is 2.14. The SMILES string of the molecule is CN(C)CCOCCNCc1c(F)cccc1F. The van der Waals surface area contributed by atoms with Gasteiger partial charge in [-0.05, 0) is 26.2 Å². The summed E-state index contributed by atoms with van der Waals surface area (Å²) in [7, 11) is 3.95. The van der Waals surface area contributed by atoms with Gasteiger partial charge in [-0.3, -0.25) is 0 Å². The van der Waals surface area contributed by atoms with Gasteiger partial charge < -0.3 is 15.0 Å². The molecule has 0 spiro atoms. The molecular formula is C13H20F2N2O. The van der Waals surface area contributed by atoms with Gasteiger partial charge in [-0.2, -0.15) is 0 Å². The van der Waals surface area contributed by atoms with E-state index in [4.69, 9.17) is 4.74 Å². The van der Waals surface area contributed by atoms with E-state index < -0.39 is 11.6 Å². The van der Waals surface area contributed by atoms with Gasteiger partial charge >= 0.3 is 0 Å². The largest absolute Gasteiger partial charge is 0.379 e. The minimum atomic E-state index is -0.518. The molecule has 0 heterocycles. The molecule has 0 atom stereocenters. The highest BCUT2D eigenvalue weighted by atomic mass is 19.1. The average Bonchev–Trinajstić information content (AvgIpc) is 2.30. The third kappa shape index (κ3) is 5.53. The van der Waals surface area contributed by atoms with Gasteiger partial charge in [-0.25, -0.2) is 8.78 Å². The molecule has 0 amide bonds. The first-order valence-corrected chi connectivity index (χ1v) is 5.97. The summed E-state index contributed by atoms with van der Waals surface area (Å²) in [6.07, 6.45) is 0. The van der Waals surface area contributed by atoms with E-state index in [2.05, 4.69) is 5.32 Å². The van der Waals surface area contributed by atoms with Crippen molar-refractivity contribution in [2.24, 2.45) is 0 Å². The Morgan fingerprint density at radius 2 is 1.83 bits per heavy atom. The highest BCUT2D eigenvalue weighted by molar-refractivity contribution is 5.19. The molecule has 0 saturated heterocycles. The lowest BCUT2D eigenvalue weighted by molar-refractivity contribution is 0.119. The molecule has 0 bridgehead atoms.